The molecular weight excluding hydrogens is 252 g/mol. The number of anilines is 1. The molecule has 1 fully saturated rings. The van der Waals surface area contributed by atoms with Gasteiger partial charge in [0.15, 0.2) is 0 Å². The van der Waals surface area contributed by atoms with Crippen LogP contribution in [-0.4, -0.2) is 41.7 Å². The molecule has 0 radical (unpaired) electrons. The molecule has 1 amide bonds. The number of carbonyl (C=O) groups excluding carboxylic acids is 1. The third-order valence-corrected chi connectivity index (χ3v) is 3.26. The van der Waals surface area contributed by atoms with Crippen LogP contribution in [0, 0.1) is 0 Å². The Morgan fingerprint density at radius 3 is 3.00 bits per heavy atom. The van der Waals surface area contributed by atoms with Gasteiger partial charge in [-0.25, -0.2) is 0 Å². The minimum atomic E-state index is -0.407. The van der Waals surface area contributed by atoms with Crippen LogP contribution in [0.5, 0.6) is 0 Å². The molecule has 1 aromatic rings. The molecule has 1 saturated heterocycles. The molecule has 0 saturated carbocycles. The molecular formula is C13H17ClN2O2. The highest BCUT2D eigenvalue weighted by molar-refractivity contribution is 6.31. The first kappa shape index (κ1) is 13.2. The average molecular weight is 269 g/mol. The normalized spacial score (nSPS) is 19.1. The van der Waals surface area contributed by atoms with Crippen LogP contribution in [0.25, 0.3) is 0 Å². The number of aliphatic hydroxyl groups is 1. The molecule has 0 bridgehead atoms. The van der Waals surface area contributed by atoms with Gasteiger partial charge in [0.05, 0.1) is 11.7 Å². The Bertz CT molecular complexity index is 451. The van der Waals surface area contributed by atoms with Crippen molar-refractivity contribution in [3.63, 3.8) is 0 Å². The molecule has 2 rings (SSSR count). The number of hydrogen-bond acceptors (Lipinski definition) is 3. The Balaban J connectivity index is 2.25. The fourth-order valence-electron chi connectivity index (χ4n) is 2.13. The molecule has 0 aliphatic carbocycles. The van der Waals surface area contributed by atoms with E-state index in [-0.39, 0.29) is 5.91 Å². The van der Waals surface area contributed by atoms with Crippen LogP contribution in [0.1, 0.15) is 23.7 Å². The van der Waals surface area contributed by atoms with Crippen molar-refractivity contribution in [2.45, 2.75) is 19.4 Å². The van der Waals surface area contributed by atoms with E-state index in [9.17, 15) is 9.90 Å². The Kier molecular flexibility index (Phi) is 4.09. The number of hydrogen-bond donors (Lipinski definition) is 2. The number of likely N-dealkylation sites (tertiary alicyclic amines) is 1. The summed E-state index contributed by atoms with van der Waals surface area (Å²) in [7, 11) is 0. The smallest absolute Gasteiger partial charge is 0.256 e. The van der Waals surface area contributed by atoms with E-state index in [0.29, 0.717) is 30.1 Å². The number of nitrogens with one attached hydrogen (secondary N) is 1. The maximum atomic E-state index is 12.4. The Morgan fingerprint density at radius 2 is 2.39 bits per heavy atom. The zero-order valence-electron chi connectivity index (χ0n) is 10.3. The number of benzene rings is 1. The summed E-state index contributed by atoms with van der Waals surface area (Å²) < 4.78 is 0. The van der Waals surface area contributed by atoms with Crippen LogP contribution in [0.3, 0.4) is 0 Å². The van der Waals surface area contributed by atoms with Crippen molar-refractivity contribution < 1.29 is 9.90 Å². The van der Waals surface area contributed by atoms with Gasteiger partial charge in [-0.1, -0.05) is 11.6 Å². The molecule has 2 N–H and O–H groups in total. The number of β-amino-alcohol motifs (C(OH)–C–C–N with tert-alkyl or cyclic N) is 1. The molecule has 1 aliphatic heterocycles. The average Bonchev–Trinajstić information content (AvgIpc) is 2.77. The van der Waals surface area contributed by atoms with E-state index >= 15 is 0 Å². The predicted octanol–water partition coefficient (Wildman–Crippen LogP) is 1.98. The lowest BCUT2D eigenvalue weighted by Gasteiger charge is -2.18. The van der Waals surface area contributed by atoms with E-state index in [1.807, 2.05) is 13.0 Å². The van der Waals surface area contributed by atoms with Crippen molar-refractivity contribution in [1.82, 2.24) is 4.90 Å². The number of aliphatic hydroxyl groups excluding tert-OH is 1. The molecule has 0 spiro atoms. The van der Waals surface area contributed by atoms with Crippen LogP contribution in [0.2, 0.25) is 5.02 Å². The van der Waals surface area contributed by atoms with Gasteiger partial charge in [0.1, 0.15) is 0 Å². The Morgan fingerprint density at radius 1 is 1.61 bits per heavy atom. The van der Waals surface area contributed by atoms with E-state index in [1.54, 1.807) is 17.0 Å². The minimum absolute atomic E-state index is 0.0787. The summed E-state index contributed by atoms with van der Waals surface area (Å²) in [4.78, 5) is 14.0. The first-order valence-corrected chi connectivity index (χ1v) is 6.50. The summed E-state index contributed by atoms with van der Waals surface area (Å²) in [5.41, 5.74) is 1.35. The predicted molar refractivity (Wildman–Crippen MR) is 72.1 cm³/mol. The Hall–Kier alpha value is -1.26. The maximum absolute atomic E-state index is 12.4. The van der Waals surface area contributed by atoms with E-state index < -0.39 is 6.10 Å². The lowest BCUT2D eigenvalue weighted by molar-refractivity contribution is 0.0766. The third kappa shape index (κ3) is 2.76. The highest BCUT2D eigenvalue weighted by Crippen LogP contribution is 2.23. The molecule has 5 heteroatoms. The monoisotopic (exact) mass is 268 g/mol. The third-order valence-electron chi connectivity index (χ3n) is 3.03. The van der Waals surface area contributed by atoms with Crippen molar-refractivity contribution in [2.75, 3.05) is 25.0 Å². The highest BCUT2D eigenvalue weighted by Gasteiger charge is 2.26. The van der Waals surface area contributed by atoms with Crippen LogP contribution in [0.15, 0.2) is 18.2 Å². The maximum Gasteiger partial charge on any atom is 0.256 e. The van der Waals surface area contributed by atoms with Crippen LogP contribution in [0.4, 0.5) is 5.69 Å². The van der Waals surface area contributed by atoms with Gasteiger partial charge < -0.3 is 15.3 Å². The number of rotatable bonds is 3. The first-order valence-electron chi connectivity index (χ1n) is 6.12. The summed E-state index contributed by atoms with van der Waals surface area (Å²) in [6, 6.07) is 5.24. The second-order valence-electron chi connectivity index (χ2n) is 4.41. The molecule has 98 valence electrons. The molecule has 1 heterocycles. The summed E-state index contributed by atoms with van der Waals surface area (Å²) >= 11 is 5.95. The van der Waals surface area contributed by atoms with Gasteiger partial charge in [0.25, 0.3) is 5.91 Å². The van der Waals surface area contributed by atoms with Crippen molar-refractivity contribution in [1.29, 1.82) is 0 Å². The standard InChI is InChI=1S/C13H17ClN2O2/c1-2-15-12-4-3-9(14)7-11(12)13(18)16-6-5-10(17)8-16/h3-4,7,10,15,17H,2,5-6,8H2,1H3. The van der Waals surface area contributed by atoms with Crippen molar-refractivity contribution in [3.8, 4) is 0 Å². The summed E-state index contributed by atoms with van der Waals surface area (Å²) in [6.45, 7) is 3.71. The number of carbonyl (C=O) groups is 1. The zero-order valence-corrected chi connectivity index (χ0v) is 11.1. The largest absolute Gasteiger partial charge is 0.391 e. The molecule has 4 nitrogen and oxygen atoms in total. The SMILES string of the molecule is CCNc1ccc(Cl)cc1C(=O)N1CCC(O)C1. The van der Waals surface area contributed by atoms with Gasteiger partial charge in [0, 0.05) is 30.3 Å². The minimum Gasteiger partial charge on any atom is -0.391 e. The summed E-state index contributed by atoms with van der Waals surface area (Å²) in [6.07, 6.45) is 0.235. The van der Waals surface area contributed by atoms with Gasteiger partial charge in [-0.2, -0.15) is 0 Å². The fourth-order valence-corrected chi connectivity index (χ4v) is 2.31. The first-order chi connectivity index (χ1) is 8.61. The topological polar surface area (TPSA) is 52.6 Å². The van der Waals surface area contributed by atoms with E-state index in [4.69, 9.17) is 11.6 Å². The summed E-state index contributed by atoms with van der Waals surface area (Å²) in [5.74, 6) is -0.0787. The molecule has 18 heavy (non-hydrogen) atoms. The lowest BCUT2D eigenvalue weighted by Crippen LogP contribution is -2.30. The fraction of sp³-hybridized carbons (Fsp3) is 0.462. The second-order valence-corrected chi connectivity index (χ2v) is 4.85. The van der Waals surface area contributed by atoms with Gasteiger partial charge in [-0.3, -0.25) is 4.79 Å². The second kappa shape index (κ2) is 5.59. The van der Waals surface area contributed by atoms with Crippen molar-refractivity contribution in [3.05, 3.63) is 28.8 Å². The van der Waals surface area contributed by atoms with Gasteiger partial charge in [-0.15, -0.1) is 0 Å². The van der Waals surface area contributed by atoms with E-state index in [2.05, 4.69) is 5.32 Å². The quantitative estimate of drug-likeness (QED) is 0.881. The lowest BCUT2D eigenvalue weighted by atomic mass is 10.1. The molecule has 1 aliphatic rings. The Labute approximate surface area is 112 Å². The summed E-state index contributed by atoms with van der Waals surface area (Å²) in [5, 5.41) is 13.2. The zero-order chi connectivity index (χ0) is 13.1. The molecule has 1 aromatic carbocycles. The number of amides is 1. The van der Waals surface area contributed by atoms with Crippen LogP contribution >= 0.6 is 11.6 Å². The van der Waals surface area contributed by atoms with E-state index in [1.165, 1.54) is 0 Å². The number of nitrogens with zero attached hydrogens (tertiary/aromatic N) is 1. The van der Waals surface area contributed by atoms with Crippen molar-refractivity contribution in [2.24, 2.45) is 0 Å². The van der Waals surface area contributed by atoms with Gasteiger partial charge in [0.2, 0.25) is 0 Å². The molecule has 0 aromatic heterocycles. The van der Waals surface area contributed by atoms with Crippen LogP contribution in [-0.2, 0) is 0 Å². The molecule has 1 atom stereocenters. The van der Waals surface area contributed by atoms with E-state index in [0.717, 1.165) is 12.2 Å². The molecule has 1 unspecified atom stereocenters. The van der Waals surface area contributed by atoms with Gasteiger partial charge in [-0.05, 0) is 31.5 Å². The van der Waals surface area contributed by atoms with Crippen LogP contribution < -0.4 is 5.32 Å². The number of halogens is 1. The van der Waals surface area contributed by atoms with Crippen molar-refractivity contribution >= 4 is 23.2 Å². The van der Waals surface area contributed by atoms with Gasteiger partial charge >= 0.3 is 0 Å². The highest BCUT2D eigenvalue weighted by atomic mass is 35.5.